The monoisotopic (exact) mass is 413 g/mol. The number of carbonyl (C=O) groups excluding carboxylic acids is 1. The first kappa shape index (κ1) is 23.3. The smallest absolute Gasteiger partial charge is 0.314 e. The molecule has 3 heteroatoms. The Morgan fingerprint density at radius 3 is 2.03 bits per heavy atom. The number of rotatable bonds is 10. The molecule has 0 unspecified atom stereocenters. The van der Waals surface area contributed by atoms with Gasteiger partial charge in [0.05, 0.1) is 12.1 Å². The fraction of sp³-hybridized carbons (Fsp3) is 0.778. The quantitative estimate of drug-likeness (QED) is 0.292. The van der Waals surface area contributed by atoms with Gasteiger partial charge in [-0.05, 0) is 62.5 Å². The van der Waals surface area contributed by atoms with Gasteiger partial charge >= 0.3 is 5.97 Å². The maximum Gasteiger partial charge on any atom is 0.314 e. The first-order valence-corrected chi connectivity index (χ1v) is 12.8. The van der Waals surface area contributed by atoms with Crippen LogP contribution < -0.4 is 4.74 Å². The maximum absolute atomic E-state index is 12.5. The zero-order valence-electron chi connectivity index (χ0n) is 19.4. The normalized spacial score (nSPS) is 27.0. The van der Waals surface area contributed by atoms with Crippen molar-refractivity contribution in [2.45, 2.75) is 110 Å². The van der Waals surface area contributed by atoms with Crippen LogP contribution >= 0.6 is 0 Å². The maximum atomic E-state index is 12.5. The number of ether oxygens (including phenoxy) is 1. The van der Waals surface area contributed by atoms with Crippen LogP contribution in [0, 0.1) is 30.6 Å². The van der Waals surface area contributed by atoms with E-state index < -0.39 is 0 Å². The molecule has 0 saturated heterocycles. The lowest BCUT2D eigenvalue weighted by Crippen LogP contribution is -2.26. The van der Waals surface area contributed by atoms with Crippen molar-refractivity contribution >= 4 is 5.97 Å². The summed E-state index contributed by atoms with van der Waals surface area (Å²) in [5.41, 5.74) is 0.941. The number of unbranched alkanes of at least 4 members (excludes halogenated alkanes) is 3. The van der Waals surface area contributed by atoms with Gasteiger partial charge in [0.15, 0.2) is 0 Å². The standard InChI is InChI=1S/C27H43NO2/c1-3-4-5-6-7-22-9-11-23(12-10-22)13-14-24-15-17-25(18-16-24)27(29)30-26-19-8-21(2)28-20-26/h8,19-20,22-25H,3-7,9-18H2,1-2H3. The second kappa shape index (κ2) is 12.5. The average molecular weight is 414 g/mol. The molecule has 2 saturated carbocycles. The molecule has 0 N–H and O–H groups in total. The molecule has 0 aromatic carbocycles. The Kier molecular flexibility index (Phi) is 9.68. The van der Waals surface area contributed by atoms with Gasteiger partial charge in [0.25, 0.3) is 0 Å². The lowest BCUT2D eigenvalue weighted by atomic mass is 9.75. The summed E-state index contributed by atoms with van der Waals surface area (Å²) in [6.07, 6.45) is 21.8. The molecule has 3 nitrogen and oxygen atoms in total. The summed E-state index contributed by atoms with van der Waals surface area (Å²) in [6, 6.07) is 3.73. The molecule has 0 spiro atoms. The van der Waals surface area contributed by atoms with Crippen LogP contribution in [0.4, 0.5) is 0 Å². The van der Waals surface area contributed by atoms with Crippen molar-refractivity contribution in [3.05, 3.63) is 24.0 Å². The Morgan fingerprint density at radius 2 is 1.47 bits per heavy atom. The summed E-state index contributed by atoms with van der Waals surface area (Å²) in [5, 5.41) is 0. The summed E-state index contributed by atoms with van der Waals surface area (Å²) in [7, 11) is 0. The van der Waals surface area contributed by atoms with E-state index in [4.69, 9.17) is 4.74 Å². The van der Waals surface area contributed by atoms with Gasteiger partial charge in [0.1, 0.15) is 5.75 Å². The van der Waals surface area contributed by atoms with E-state index in [2.05, 4.69) is 11.9 Å². The molecule has 3 rings (SSSR count). The van der Waals surface area contributed by atoms with Crippen molar-refractivity contribution in [1.82, 2.24) is 4.98 Å². The molecule has 0 atom stereocenters. The minimum absolute atomic E-state index is 0.0589. The van der Waals surface area contributed by atoms with Crippen molar-refractivity contribution < 1.29 is 9.53 Å². The van der Waals surface area contributed by atoms with Crippen LogP contribution in [-0.4, -0.2) is 11.0 Å². The topological polar surface area (TPSA) is 39.2 Å². The predicted octanol–water partition coefficient (Wildman–Crippen LogP) is 7.66. The van der Waals surface area contributed by atoms with Gasteiger partial charge in [-0.25, -0.2) is 0 Å². The Morgan fingerprint density at radius 1 is 0.867 bits per heavy atom. The van der Waals surface area contributed by atoms with Gasteiger partial charge in [-0.3, -0.25) is 9.78 Å². The largest absolute Gasteiger partial charge is 0.425 e. The van der Waals surface area contributed by atoms with Crippen molar-refractivity contribution in [2.24, 2.45) is 23.7 Å². The molecule has 168 valence electrons. The molecule has 30 heavy (non-hydrogen) atoms. The van der Waals surface area contributed by atoms with Gasteiger partial charge in [0.2, 0.25) is 0 Å². The fourth-order valence-electron chi connectivity index (χ4n) is 5.54. The molecule has 0 amide bonds. The molecule has 1 aromatic heterocycles. The Labute approximate surface area is 184 Å². The molecular weight excluding hydrogens is 370 g/mol. The van der Waals surface area contributed by atoms with Crippen LogP contribution in [0.25, 0.3) is 0 Å². The zero-order valence-corrected chi connectivity index (χ0v) is 19.4. The van der Waals surface area contributed by atoms with Crippen molar-refractivity contribution in [1.29, 1.82) is 0 Å². The number of pyridine rings is 1. The first-order valence-electron chi connectivity index (χ1n) is 12.8. The fourth-order valence-corrected chi connectivity index (χ4v) is 5.54. The summed E-state index contributed by atoms with van der Waals surface area (Å²) in [4.78, 5) is 16.7. The Balaban J connectivity index is 1.27. The number of hydrogen-bond donors (Lipinski definition) is 0. The van der Waals surface area contributed by atoms with Gasteiger partial charge in [-0.15, -0.1) is 0 Å². The van der Waals surface area contributed by atoms with Crippen LogP contribution in [-0.2, 0) is 4.79 Å². The second-order valence-corrected chi connectivity index (χ2v) is 10.1. The average Bonchev–Trinajstić information content (AvgIpc) is 2.78. The number of aryl methyl sites for hydroxylation is 1. The van der Waals surface area contributed by atoms with E-state index in [1.807, 2.05) is 19.1 Å². The number of carbonyl (C=O) groups is 1. The highest BCUT2D eigenvalue weighted by molar-refractivity contribution is 5.75. The lowest BCUT2D eigenvalue weighted by Gasteiger charge is -2.31. The summed E-state index contributed by atoms with van der Waals surface area (Å²) >= 11 is 0. The van der Waals surface area contributed by atoms with E-state index in [0.717, 1.165) is 36.3 Å². The second-order valence-electron chi connectivity index (χ2n) is 10.1. The van der Waals surface area contributed by atoms with Crippen LogP contribution in [0.5, 0.6) is 5.75 Å². The Hall–Kier alpha value is -1.38. The number of aromatic nitrogens is 1. The molecule has 2 fully saturated rings. The van der Waals surface area contributed by atoms with E-state index in [9.17, 15) is 4.79 Å². The first-order chi connectivity index (χ1) is 14.6. The summed E-state index contributed by atoms with van der Waals surface area (Å²) in [6.45, 7) is 4.24. The van der Waals surface area contributed by atoms with Gasteiger partial charge in [-0.2, -0.15) is 0 Å². The van der Waals surface area contributed by atoms with E-state index in [-0.39, 0.29) is 11.9 Å². The van der Waals surface area contributed by atoms with Crippen LogP contribution in [0.1, 0.15) is 109 Å². The van der Waals surface area contributed by atoms with E-state index >= 15 is 0 Å². The van der Waals surface area contributed by atoms with Crippen LogP contribution in [0.2, 0.25) is 0 Å². The molecule has 0 aliphatic heterocycles. The van der Waals surface area contributed by atoms with Crippen molar-refractivity contribution in [3.63, 3.8) is 0 Å². The van der Waals surface area contributed by atoms with Crippen molar-refractivity contribution in [2.75, 3.05) is 0 Å². The molecule has 1 aromatic rings. The molecule has 0 radical (unpaired) electrons. The molecule has 0 bridgehead atoms. The molecule has 1 heterocycles. The highest BCUT2D eigenvalue weighted by atomic mass is 16.5. The molecular formula is C27H43NO2. The number of nitrogens with zero attached hydrogens (tertiary/aromatic N) is 1. The van der Waals surface area contributed by atoms with E-state index in [0.29, 0.717) is 5.75 Å². The number of esters is 1. The van der Waals surface area contributed by atoms with Crippen LogP contribution in [0.3, 0.4) is 0 Å². The third-order valence-corrected chi connectivity index (χ3v) is 7.70. The van der Waals surface area contributed by atoms with Gasteiger partial charge in [-0.1, -0.05) is 77.6 Å². The van der Waals surface area contributed by atoms with E-state index in [1.165, 1.54) is 83.5 Å². The van der Waals surface area contributed by atoms with Gasteiger partial charge < -0.3 is 4.74 Å². The summed E-state index contributed by atoms with van der Waals surface area (Å²) in [5.74, 6) is 3.40. The number of hydrogen-bond acceptors (Lipinski definition) is 3. The summed E-state index contributed by atoms with van der Waals surface area (Å²) < 4.78 is 5.55. The minimum Gasteiger partial charge on any atom is -0.425 e. The molecule has 2 aliphatic rings. The lowest BCUT2D eigenvalue weighted by molar-refractivity contribution is -0.140. The van der Waals surface area contributed by atoms with Crippen molar-refractivity contribution in [3.8, 4) is 5.75 Å². The highest BCUT2D eigenvalue weighted by Crippen LogP contribution is 2.38. The predicted molar refractivity (Wildman–Crippen MR) is 123 cm³/mol. The third kappa shape index (κ3) is 7.71. The third-order valence-electron chi connectivity index (χ3n) is 7.70. The molecule has 2 aliphatic carbocycles. The van der Waals surface area contributed by atoms with Gasteiger partial charge in [0, 0.05) is 5.69 Å². The Bertz CT molecular complexity index is 610. The zero-order chi connectivity index (χ0) is 21.2. The van der Waals surface area contributed by atoms with E-state index in [1.54, 1.807) is 6.20 Å². The van der Waals surface area contributed by atoms with Crippen LogP contribution in [0.15, 0.2) is 18.3 Å². The highest BCUT2D eigenvalue weighted by Gasteiger charge is 2.29. The SMILES string of the molecule is CCCCCCC1CCC(CCC2CCC(C(=O)Oc3ccc(C)nc3)CC2)CC1. The minimum atomic E-state index is -0.0589.